The molecular formula is C44H32S. The molecule has 0 saturated heterocycles. The van der Waals surface area contributed by atoms with Gasteiger partial charge in [0.05, 0.1) is 0 Å². The van der Waals surface area contributed by atoms with E-state index in [0.29, 0.717) is 0 Å². The van der Waals surface area contributed by atoms with Crippen molar-refractivity contribution in [2.24, 2.45) is 0 Å². The molecule has 0 bridgehead atoms. The molecule has 0 amide bonds. The molecule has 8 rings (SSSR count). The SMILES string of the molecule is C1=CC(Sc2ccc(-c3cc4c(c(-c5ccccc5)c3-c3ccccc3)Cc3ccccc3-4)cc2)=CCC1=Cc1ccccc1. The largest absolute Gasteiger partial charge is 0.0904 e. The van der Waals surface area contributed by atoms with Gasteiger partial charge in [0, 0.05) is 9.80 Å². The van der Waals surface area contributed by atoms with E-state index < -0.39 is 0 Å². The van der Waals surface area contributed by atoms with Gasteiger partial charge in [-0.05, 0) is 104 Å². The van der Waals surface area contributed by atoms with Gasteiger partial charge in [0.1, 0.15) is 0 Å². The predicted octanol–water partition coefficient (Wildman–Crippen LogP) is 12.3. The molecule has 0 aromatic heterocycles. The number of thioether (sulfide) groups is 1. The van der Waals surface area contributed by atoms with Gasteiger partial charge in [0.15, 0.2) is 0 Å². The summed E-state index contributed by atoms with van der Waals surface area (Å²) in [6.45, 7) is 0. The van der Waals surface area contributed by atoms with E-state index in [1.807, 2.05) is 11.8 Å². The fraction of sp³-hybridized carbons (Fsp3) is 0.0455. The van der Waals surface area contributed by atoms with Crippen LogP contribution in [0.1, 0.15) is 23.1 Å². The van der Waals surface area contributed by atoms with E-state index in [0.717, 1.165) is 12.8 Å². The van der Waals surface area contributed by atoms with E-state index in [2.05, 4.69) is 170 Å². The van der Waals surface area contributed by atoms with Crippen LogP contribution in [0.3, 0.4) is 0 Å². The quantitative estimate of drug-likeness (QED) is 0.185. The first-order valence-corrected chi connectivity index (χ1v) is 16.4. The predicted molar refractivity (Wildman–Crippen MR) is 193 cm³/mol. The Morgan fingerprint density at radius 2 is 1.16 bits per heavy atom. The zero-order valence-corrected chi connectivity index (χ0v) is 25.8. The Labute approximate surface area is 270 Å². The van der Waals surface area contributed by atoms with Crippen molar-refractivity contribution in [3.8, 4) is 44.5 Å². The fourth-order valence-corrected chi connectivity index (χ4v) is 7.51. The summed E-state index contributed by atoms with van der Waals surface area (Å²) in [5, 5.41) is 0. The van der Waals surface area contributed by atoms with Gasteiger partial charge in [-0.15, -0.1) is 0 Å². The lowest BCUT2D eigenvalue weighted by Gasteiger charge is -2.21. The Bertz CT molecular complexity index is 2080. The van der Waals surface area contributed by atoms with Crippen LogP contribution in [0.2, 0.25) is 0 Å². The summed E-state index contributed by atoms with van der Waals surface area (Å²) < 4.78 is 0. The minimum atomic E-state index is 0.950. The molecule has 0 unspecified atom stereocenters. The molecule has 0 spiro atoms. The zero-order chi connectivity index (χ0) is 30.0. The third-order valence-corrected chi connectivity index (χ3v) is 9.83. The summed E-state index contributed by atoms with van der Waals surface area (Å²) in [6, 6.07) is 53.0. The highest BCUT2D eigenvalue weighted by molar-refractivity contribution is 8.03. The van der Waals surface area contributed by atoms with E-state index in [9.17, 15) is 0 Å². The van der Waals surface area contributed by atoms with Crippen molar-refractivity contribution in [1.29, 1.82) is 0 Å². The molecule has 0 radical (unpaired) electrons. The van der Waals surface area contributed by atoms with Crippen LogP contribution in [-0.4, -0.2) is 0 Å². The van der Waals surface area contributed by atoms with Gasteiger partial charge in [-0.25, -0.2) is 0 Å². The Morgan fingerprint density at radius 3 is 1.84 bits per heavy atom. The molecule has 214 valence electrons. The van der Waals surface area contributed by atoms with E-state index in [-0.39, 0.29) is 0 Å². The van der Waals surface area contributed by atoms with Crippen molar-refractivity contribution in [3.05, 3.63) is 191 Å². The smallest absolute Gasteiger partial charge is 0.0122 e. The average Bonchev–Trinajstić information content (AvgIpc) is 3.48. The minimum Gasteiger partial charge on any atom is -0.0904 e. The number of hydrogen-bond donors (Lipinski definition) is 0. The van der Waals surface area contributed by atoms with E-state index in [1.165, 1.54) is 76.6 Å². The first-order valence-electron chi connectivity index (χ1n) is 15.6. The lowest BCUT2D eigenvalue weighted by Crippen LogP contribution is -1.97. The van der Waals surface area contributed by atoms with Gasteiger partial charge in [0.25, 0.3) is 0 Å². The summed E-state index contributed by atoms with van der Waals surface area (Å²) in [7, 11) is 0. The Hall–Kier alpha value is -5.11. The van der Waals surface area contributed by atoms with Crippen molar-refractivity contribution in [2.75, 3.05) is 0 Å². The molecule has 45 heavy (non-hydrogen) atoms. The summed E-state index contributed by atoms with van der Waals surface area (Å²) in [5.41, 5.74) is 15.8. The maximum atomic E-state index is 2.45. The second kappa shape index (κ2) is 12.1. The van der Waals surface area contributed by atoms with Crippen LogP contribution in [0.4, 0.5) is 0 Å². The molecule has 0 saturated carbocycles. The van der Waals surface area contributed by atoms with Gasteiger partial charge < -0.3 is 0 Å². The monoisotopic (exact) mass is 592 g/mol. The van der Waals surface area contributed by atoms with Gasteiger partial charge in [-0.1, -0.05) is 157 Å². The van der Waals surface area contributed by atoms with Crippen LogP contribution in [0.25, 0.3) is 50.6 Å². The standard InChI is InChI=1S/C44H32S/c1-4-12-31(13-5-1)28-32-20-24-37(25-21-32)45-38-26-22-33(23-27-38)40-30-41-39-19-11-10-18-36(39)29-42(41)44(35-16-8-3-9-17-35)43(40)34-14-6-2-7-15-34/h1-20,22-28,30H,21,29H2. The molecule has 6 aromatic carbocycles. The van der Waals surface area contributed by atoms with E-state index >= 15 is 0 Å². The van der Waals surface area contributed by atoms with Crippen molar-refractivity contribution in [2.45, 2.75) is 17.7 Å². The van der Waals surface area contributed by atoms with Crippen LogP contribution in [0, 0.1) is 0 Å². The van der Waals surface area contributed by atoms with Crippen LogP contribution >= 0.6 is 11.8 Å². The maximum Gasteiger partial charge on any atom is 0.0122 e. The molecule has 0 nitrogen and oxygen atoms in total. The van der Waals surface area contributed by atoms with Gasteiger partial charge in [-0.3, -0.25) is 0 Å². The topological polar surface area (TPSA) is 0 Å². The van der Waals surface area contributed by atoms with Crippen LogP contribution in [-0.2, 0) is 6.42 Å². The summed E-state index contributed by atoms with van der Waals surface area (Å²) in [6.07, 6.45) is 11.0. The second-order valence-electron chi connectivity index (χ2n) is 11.7. The number of hydrogen-bond acceptors (Lipinski definition) is 1. The number of allylic oxidation sites excluding steroid dienone is 4. The first-order chi connectivity index (χ1) is 22.3. The van der Waals surface area contributed by atoms with Crippen molar-refractivity contribution in [1.82, 2.24) is 0 Å². The lowest BCUT2D eigenvalue weighted by atomic mass is 9.82. The lowest BCUT2D eigenvalue weighted by molar-refractivity contribution is 1.26. The molecule has 2 aliphatic rings. The van der Waals surface area contributed by atoms with Gasteiger partial charge >= 0.3 is 0 Å². The number of fused-ring (bicyclic) bond motifs is 3. The Balaban J connectivity index is 1.18. The van der Waals surface area contributed by atoms with Crippen molar-refractivity contribution in [3.63, 3.8) is 0 Å². The van der Waals surface area contributed by atoms with Crippen LogP contribution in [0.15, 0.2) is 179 Å². The van der Waals surface area contributed by atoms with E-state index in [1.54, 1.807) is 0 Å². The number of rotatable bonds is 6. The third kappa shape index (κ3) is 5.52. The average molecular weight is 593 g/mol. The molecule has 2 aliphatic carbocycles. The molecule has 0 aliphatic heterocycles. The Kier molecular flexibility index (Phi) is 7.39. The second-order valence-corrected chi connectivity index (χ2v) is 12.8. The van der Waals surface area contributed by atoms with Crippen molar-refractivity contribution >= 4 is 17.8 Å². The molecule has 1 heteroatoms. The van der Waals surface area contributed by atoms with Gasteiger partial charge in [-0.2, -0.15) is 0 Å². The molecule has 0 N–H and O–H groups in total. The van der Waals surface area contributed by atoms with Crippen molar-refractivity contribution < 1.29 is 0 Å². The van der Waals surface area contributed by atoms with E-state index in [4.69, 9.17) is 0 Å². The van der Waals surface area contributed by atoms with Gasteiger partial charge in [0.2, 0.25) is 0 Å². The molecule has 0 atom stereocenters. The summed E-state index contributed by atoms with van der Waals surface area (Å²) >= 11 is 1.84. The molecular weight excluding hydrogens is 561 g/mol. The first kappa shape index (κ1) is 27.4. The summed E-state index contributed by atoms with van der Waals surface area (Å²) in [5.74, 6) is 0. The zero-order valence-electron chi connectivity index (χ0n) is 25.0. The fourth-order valence-electron chi connectivity index (χ4n) is 6.66. The minimum absolute atomic E-state index is 0.950. The number of benzene rings is 6. The highest BCUT2D eigenvalue weighted by Gasteiger charge is 2.27. The molecule has 0 fully saturated rings. The normalized spacial score (nSPS) is 14.2. The highest BCUT2D eigenvalue weighted by Crippen LogP contribution is 2.50. The summed E-state index contributed by atoms with van der Waals surface area (Å²) in [4.78, 5) is 2.54. The third-order valence-electron chi connectivity index (χ3n) is 8.79. The van der Waals surface area contributed by atoms with Crippen LogP contribution in [0.5, 0.6) is 0 Å². The highest BCUT2D eigenvalue weighted by atomic mass is 32.2. The molecule has 0 heterocycles. The van der Waals surface area contributed by atoms with Crippen LogP contribution < -0.4 is 0 Å². The maximum absolute atomic E-state index is 2.45. The Morgan fingerprint density at radius 1 is 0.511 bits per heavy atom. The molecule has 6 aromatic rings.